The van der Waals surface area contributed by atoms with E-state index in [0.29, 0.717) is 5.92 Å². The minimum Gasteiger partial charge on any atom is -0.456 e. The Bertz CT molecular complexity index is 616. The lowest BCUT2D eigenvalue weighted by atomic mass is 9.96. The zero-order valence-electron chi connectivity index (χ0n) is 13.0. The van der Waals surface area contributed by atoms with E-state index in [1.165, 1.54) is 25.9 Å². The molecule has 0 saturated carbocycles. The van der Waals surface area contributed by atoms with E-state index in [9.17, 15) is 0 Å². The number of likely N-dealkylation sites (tertiary alicyclic amines) is 1. The molecule has 1 aliphatic rings. The fraction of sp³-hybridized carbons (Fsp3) is 0.316. The van der Waals surface area contributed by atoms with Gasteiger partial charge in [-0.1, -0.05) is 30.4 Å². The minimum absolute atomic E-state index is 0.676. The van der Waals surface area contributed by atoms with Crippen LogP contribution in [-0.4, -0.2) is 30.0 Å². The van der Waals surface area contributed by atoms with E-state index in [-0.39, 0.29) is 0 Å². The lowest BCUT2D eigenvalue weighted by Gasteiger charge is -2.26. The number of para-hydroxylation sites is 1. The Morgan fingerprint density at radius 1 is 1.09 bits per heavy atom. The summed E-state index contributed by atoms with van der Waals surface area (Å²) < 4.78 is 5.82. The third-order valence-corrected chi connectivity index (χ3v) is 4.04. The third-order valence-electron chi connectivity index (χ3n) is 4.04. The van der Waals surface area contributed by atoms with Gasteiger partial charge in [0.25, 0.3) is 0 Å². The summed E-state index contributed by atoms with van der Waals surface area (Å²) in [5, 5.41) is 0. The highest BCUT2D eigenvalue weighted by molar-refractivity contribution is 5.50. The summed E-state index contributed by atoms with van der Waals surface area (Å²) in [7, 11) is 2.19. The van der Waals surface area contributed by atoms with Gasteiger partial charge in [-0.05, 0) is 62.7 Å². The van der Waals surface area contributed by atoms with Crippen LogP contribution in [0.1, 0.15) is 18.4 Å². The lowest BCUT2D eigenvalue weighted by molar-refractivity contribution is 0.244. The number of benzene rings is 1. The van der Waals surface area contributed by atoms with Gasteiger partial charge < -0.3 is 9.64 Å². The number of aromatic nitrogens is 1. The number of piperidine rings is 1. The highest BCUT2D eigenvalue weighted by Crippen LogP contribution is 2.22. The normalized spacial score (nSPS) is 17.0. The molecule has 0 aliphatic carbocycles. The standard InChI is InChI=1S/C19H22N2O/c1-21-11-9-16(10-12-21)7-8-17-13-19(15-20-14-17)22-18-5-3-2-4-6-18/h2-8,13-16H,9-12H2,1H3/b8-7+. The van der Waals surface area contributed by atoms with Crippen molar-refractivity contribution in [1.82, 2.24) is 9.88 Å². The number of nitrogens with zero attached hydrogens (tertiary/aromatic N) is 2. The molecule has 2 heterocycles. The second-order valence-electron chi connectivity index (χ2n) is 5.87. The van der Waals surface area contributed by atoms with E-state index in [1.807, 2.05) is 42.6 Å². The Morgan fingerprint density at radius 3 is 2.64 bits per heavy atom. The maximum atomic E-state index is 5.82. The van der Waals surface area contributed by atoms with E-state index in [1.54, 1.807) is 6.20 Å². The van der Waals surface area contributed by atoms with Crippen molar-refractivity contribution in [3.8, 4) is 11.5 Å². The largest absolute Gasteiger partial charge is 0.456 e. The van der Waals surface area contributed by atoms with E-state index >= 15 is 0 Å². The van der Waals surface area contributed by atoms with Crippen LogP contribution in [0, 0.1) is 5.92 Å². The van der Waals surface area contributed by atoms with Crippen LogP contribution in [0.5, 0.6) is 11.5 Å². The maximum absolute atomic E-state index is 5.82. The second kappa shape index (κ2) is 7.23. The number of ether oxygens (including phenoxy) is 1. The summed E-state index contributed by atoms with van der Waals surface area (Å²) >= 11 is 0. The highest BCUT2D eigenvalue weighted by Gasteiger charge is 2.13. The summed E-state index contributed by atoms with van der Waals surface area (Å²) in [5.41, 5.74) is 1.09. The molecule has 0 unspecified atom stereocenters. The van der Waals surface area contributed by atoms with Crippen molar-refractivity contribution in [1.29, 1.82) is 0 Å². The number of hydrogen-bond donors (Lipinski definition) is 0. The maximum Gasteiger partial charge on any atom is 0.146 e. The SMILES string of the molecule is CN1CCC(/C=C/c2cncc(Oc3ccccc3)c2)CC1. The van der Waals surface area contributed by atoms with E-state index < -0.39 is 0 Å². The molecule has 0 spiro atoms. The average Bonchev–Trinajstić information content (AvgIpc) is 2.56. The fourth-order valence-corrected chi connectivity index (χ4v) is 2.68. The molecule has 1 aromatic heterocycles. The molecule has 3 heteroatoms. The summed E-state index contributed by atoms with van der Waals surface area (Å²) in [6.07, 6.45) is 10.6. The van der Waals surface area contributed by atoms with Crippen molar-refractivity contribution in [2.24, 2.45) is 5.92 Å². The molecular weight excluding hydrogens is 272 g/mol. The van der Waals surface area contributed by atoms with Crippen LogP contribution >= 0.6 is 0 Å². The molecule has 3 rings (SSSR count). The van der Waals surface area contributed by atoms with Gasteiger partial charge in [-0.25, -0.2) is 0 Å². The molecule has 0 radical (unpaired) electrons. The second-order valence-corrected chi connectivity index (χ2v) is 5.87. The number of rotatable bonds is 4. The zero-order valence-corrected chi connectivity index (χ0v) is 13.0. The topological polar surface area (TPSA) is 25.4 Å². The molecule has 1 aromatic carbocycles. The molecule has 2 aromatic rings. The molecule has 22 heavy (non-hydrogen) atoms. The van der Waals surface area contributed by atoms with Gasteiger partial charge in [-0.15, -0.1) is 0 Å². The predicted octanol–water partition coefficient (Wildman–Crippen LogP) is 4.23. The van der Waals surface area contributed by atoms with Crippen LogP contribution in [-0.2, 0) is 0 Å². The first-order chi connectivity index (χ1) is 10.8. The Hall–Kier alpha value is -2.13. The predicted molar refractivity (Wildman–Crippen MR) is 90.0 cm³/mol. The van der Waals surface area contributed by atoms with Crippen LogP contribution in [0.3, 0.4) is 0 Å². The zero-order chi connectivity index (χ0) is 15.2. The van der Waals surface area contributed by atoms with Gasteiger partial charge in [-0.3, -0.25) is 4.98 Å². The van der Waals surface area contributed by atoms with Crippen LogP contribution in [0.15, 0.2) is 54.9 Å². The summed E-state index contributed by atoms with van der Waals surface area (Å²) in [6, 6.07) is 11.8. The number of hydrogen-bond acceptors (Lipinski definition) is 3. The molecule has 3 nitrogen and oxygen atoms in total. The monoisotopic (exact) mass is 294 g/mol. The van der Waals surface area contributed by atoms with Crippen molar-refractivity contribution >= 4 is 6.08 Å². The molecule has 0 bridgehead atoms. The van der Waals surface area contributed by atoms with Gasteiger partial charge in [0.05, 0.1) is 6.20 Å². The molecule has 114 valence electrons. The fourth-order valence-electron chi connectivity index (χ4n) is 2.68. The molecule has 1 saturated heterocycles. The van der Waals surface area contributed by atoms with Crippen LogP contribution in [0.2, 0.25) is 0 Å². The molecule has 0 atom stereocenters. The molecule has 1 fully saturated rings. The van der Waals surface area contributed by atoms with Gasteiger partial charge in [0.2, 0.25) is 0 Å². The molecule has 0 amide bonds. The average molecular weight is 294 g/mol. The Balaban J connectivity index is 1.64. The smallest absolute Gasteiger partial charge is 0.146 e. The van der Waals surface area contributed by atoms with Gasteiger partial charge in [-0.2, -0.15) is 0 Å². The lowest BCUT2D eigenvalue weighted by Crippen LogP contribution is -2.29. The van der Waals surface area contributed by atoms with Gasteiger partial charge in [0.15, 0.2) is 0 Å². The van der Waals surface area contributed by atoms with Crippen LogP contribution in [0.4, 0.5) is 0 Å². The van der Waals surface area contributed by atoms with Crippen molar-refractivity contribution in [2.75, 3.05) is 20.1 Å². The van der Waals surface area contributed by atoms with Gasteiger partial charge >= 0.3 is 0 Å². The molecular formula is C19H22N2O. The van der Waals surface area contributed by atoms with E-state index in [0.717, 1.165) is 17.1 Å². The Morgan fingerprint density at radius 2 is 1.86 bits per heavy atom. The van der Waals surface area contributed by atoms with E-state index in [4.69, 9.17) is 4.74 Å². The van der Waals surface area contributed by atoms with Crippen LogP contribution < -0.4 is 4.74 Å². The first-order valence-electron chi connectivity index (χ1n) is 7.84. The van der Waals surface area contributed by atoms with Crippen molar-refractivity contribution in [3.63, 3.8) is 0 Å². The molecule has 0 N–H and O–H groups in total. The van der Waals surface area contributed by atoms with Crippen molar-refractivity contribution < 1.29 is 4.74 Å². The van der Waals surface area contributed by atoms with Crippen LogP contribution in [0.25, 0.3) is 6.08 Å². The highest BCUT2D eigenvalue weighted by atomic mass is 16.5. The molecule has 1 aliphatic heterocycles. The summed E-state index contributed by atoms with van der Waals surface area (Å²) in [4.78, 5) is 6.66. The van der Waals surface area contributed by atoms with E-state index in [2.05, 4.69) is 29.1 Å². The van der Waals surface area contributed by atoms with Crippen molar-refractivity contribution in [2.45, 2.75) is 12.8 Å². The Labute approximate surface area is 132 Å². The summed E-state index contributed by atoms with van der Waals surface area (Å²) in [6.45, 7) is 2.37. The summed E-state index contributed by atoms with van der Waals surface area (Å²) in [5.74, 6) is 2.28. The minimum atomic E-state index is 0.676. The number of allylic oxidation sites excluding steroid dienone is 1. The Kier molecular flexibility index (Phi) is 4.86. The quantitative estimate of drug-likeness (QED) is 0.844. The first-order valence-corrected chi connectivity index (χ1v) is 7.84. The van der Waals surface area contributed by atoms with Crippen molar-refractivity contribution in [3.05, 3.63) is 60.4 Å². The van der Waals surface area contributed by atoms with Gasteiger partial charge in [0, 0.05) is 6.20 Å². The van der Waals surface area contributed by atoms with Gasteiger partial charge in [0.1, 0.15) is 11.5 Å². The third kappa shape index (κ3) is 4.18. The first kappa shape index (κ1) is 14.8. The number of pyridine rings is 1.